The first kappa shape index (κ1) is 16.8. The van der Waals surface area contributed by atoms with E-state index in [2.05, 4.69) is 15.4 Å². The van der Waals surface area contributed by atoms with Crippen molar-refractivity contribution < 1.29 is 26.1 Å². The van der Waals surface area contributed by atoms with Crippen molar-refractivity contribution in [2.45, 2.75) is 13.0 Å². The molecule has 1 aliphatic rings. The number of nitrogens with one attached hydrogen (secondary N) is 1. The summed E-state index contributed by atoms with van der Waals surface area (Å²) < 4.78 is 37.9. The minimum atomic E-state index is -5.24. The molecule has 1 N–H and O–H groups in total. The fourth-order valence-electron chi connectivity index (χ4n) is 2.24. The van der Waals surface area contributed by atoms with Crippen LogP contribution in [-0.2, 0) is 15.3 Å². The topological polar surface area (TPSA) is 92.8 Å². The van der Waals surface area contributed by atoms with E-state index in [0.29, 0.717) is 0 Å². The smallest absolute Gasteiger partial charge is 0.358 e. The number of hydrogen-bond donors (Lipinski definition) is 1. The number of piperazine rings is 1. The Morgan fingerprint density at radius 3 is 2.74 bits per heavy atom. The van der Waals surface area contributed by atoms with Crippen LogP contribution in [0.1, 0.15) is 22.8 Å². The average molecular weight is 340 g/mol. The summed E-state index contributed by atoms with van der Waals surface area (Å²) in [5.74, 6) is 0.957. The van der Waals surface area contributed by atoms with Gasteiger partial charge in [-0.1, -0.05) is 9.81 Å². The molecule has 2 rings (SSSR count). The molecule has 1 heterocycles. The van der Waals surface area contributed by atoms with Crippen molar-refractivity contribution >= 4 is 22.3 Å². The molecule has 2 amide bonds. The fourth-order valence-corrected chi connectivity index (χ4v) is 2.57. The van der Waals surface area contributed by atoms with Crippen LogP contribution in [0.15, 0.2) is 18.2 Å². The Hall–Kier alpha value is -2.60. The van der Waals surface area contributed by atoms with Crippen molar-refractivity contribution in [3.05, 3.63) is 29.3 Å². The molecule has 1 aromatic carbocycles. The Balaban J connectivity index is 2.34. The van der Waals surface area contributed by atoms with E-state index in [1.54, 1.807) is 6.92 Å². The Morgan fingerprint density at radius 2 is 2.17 bits per heavy atom. The lowest BCUT2D eigenvalue weighted by atomic mass is 10.1. The molecule has 23 heavy (non-hydrogen) atoms. The largest absolute Gasteiger partial charge is 0.488 e. The zero-order valence-corrected chi connectivity index (χ0v) is 12.9. The molecule has 0 aliphatic carbocycles. The molecule has 0 spiro atoms. The molecule has 1 unspecified atom stereocenters. The number of nitrogens with zero attached hydrogens (tertiary/aromatic N) is 1. The maximum absolute atomic E-state index is 12.7. The number of hydrogen-bond acceptors (Lipinski definition) is 5. The molecular formula is C14H13FN2O5S. The first-order valence-electron chi connectivity index (χ1n) is 6.52. The highest BCUT2D eigenvalue weighted by Gasteiger charge is 2.27. The maximum Gasteiger partial charge on any atom is 0.488 e. The molecule has 0 radical (unpaired) electrons. The van der Waals surface area contributed by atoms with Gasteiger partial charge in [0.05, 0.1) is 6.54 Å². The van der Waals surface area contributed by atoms with Crippen molar-refractivity contribution in [1.82, 2.24) is 10.2 Å². The maximum atomic E-state index is 12.7. The van der Waals surface area contributed by atoms with Crippen LogP contribution in [-0.4, -0.2) is 44.3 Å². The van der Waals surface area contributed by atoms with Crippen molar-refractivity contribution in [1.29, 1.82) is 0 Å². The summed E-state index contributed by atoms with van der Waals surface area (Å²) >= 11 is 0. The number of benzene rings is 1. The molecular weight excluding hydrogens is 327 g/mol. The minimum Gasteiger partial charge on any atom is -0.358 e. The molecule has 0 aromatic heterocycles. The standard InChI is InChI=1S/C14H13FN2O5S/c1-3-10-4-11(6-12(5-10)22-23(15,20)21)14(19)17-7-9(2)16-13(18)8-17/h1,4-6,9H,7-8H2,2H3,(H,16,18). The number of amides is 2. The SMILES string of the molecule is C#Cc1cc(OS(=O)(=O)F)cc(C(=O)N2CC(=O)NC(C)C2)c1. The lowest BCUT2D eigenvalue weighted by Crippen LogP contribution is -2.54. The number of carbonyl (C=O) groups excluding carboxylic acids is 2. The molecule has 0 bridgehead atoms. The van der Waals surface area contributed by atoms with Gasteiger partial charge in [-0.15, -0.1) is 6.42 Å². The summed E-state index contributed by atoms with van der Waals surface area (Å²) in [6.07, 6.45) is 5.24. The van der Waals surface area contributed by atoms with Gasteiger partial charge in [0, 0.05) is 23.7 Å². The van der Waals surface area contributed by atoms with Gasteiger partial charge in [0.15, 0.2) is 0 Å². The second kappa shape index (κ2) is 6.26. The quantitative estimate of drug-likeness (QED) is 0.628. The lowest BCUT2D eigenvalue weighted by molar-refractivity contribution is -0.124. The van der Waals surface area contributed by atoms with Gasteiger partial charge in [0.25, 0.3) is 5.91 Å². The van der Waals surface area contributed by atoms with E-state index >= 15 is 0 Å². The second-order valence-electron chi connectivity index (χ2n) is 5.02. The summed E-state index contributed by atoms with van der Waals surface area (Å²) in [5.41, 5.74) is 0.144. The average Bonchev–Trinajstić information content (AvgIpc) is 2.43. The zero-order valence-electron chi connectivity index (χ0n) is 12.1. The molecule has 122 valence electrons. The minimum absolute atomic E-state index is 0.000926. The summed E-state index contributed by atoms with van der Waals surface area (Å²) in [7, 11) is -5.24. The van der Waals surface area contributed by atoms with Crippen LogP contribution in [0.4, 0.5) is 3.89 Å². The summed E-state index contributed by atoms with van der Waals surface area (Å²) in [6, 6.07) is 3.27. The lowest BCUT2D eigenvalue weighted by Gasteiger charge is -2.31. The third kappa shape index (κ3) is 4.43. The molecule has 7 nitrogen and oxygen atoms in total. The predicted molar refractivity (Wildman–Crippen MR) is 78.5 cm³/mol. The molecule has 1 fully saturated rings. The van der Waals surface area contributed by atoms with Gasteiger partial charge in [0.2, 0.25) is 5.91 Å². The first-order chi connectivity index (χ1) is 10.7. The van der Waals surface area contributed by atoms with Crippen LogP contribution in [0, 0.1) is 12.3 Å². The summed E-state index contributed by atoms with van der Waals surface area (Å²) in [4.78, 5) is 25.2. The highest BCUT2D eigenvalue weighted by Crippen LogP contribution is 2.21. The Labute approximate surface area is 132 Å². The third-order valence-corrected chi connectivity index (χ3v) is 3.43. The van der Waals surface area contributed by atoms with Crippen LogP contribution in [0.3, 0.4) is 0 Å². The number of rotatable bonds is 3. The van der Waals surface area contributed by atoms with Gasteiger partial charge in [-0.3, -0.25) is 9.59 Å². The molecule has 1 saturated heterocycles. The van der Waals surface area contributed by atoms with Crippen LogP contribution in [0.25, 0.3) is 0 Å². The van der Waals surface area contributed by atoms with Gasteiger partial charge < -0.3 is 14.4 Å². The van der Waals surface area contributed by atoms with Crippen LogP contribution in [0.5, 0.6) is 5.75 Å². The fraction of sp³-hybridized carbons (Fsp3) is 0.286. The van der Waals surface area contributed by atoms with Gasteiger partial charge >= 0.3 is 10.5 Å². The number of terminal acetylenes is 1. The number of halogens is 1. The van der Waals surface area contributed by atoms with E-state index in [1.807, 2.05) is 0 Å². The molecule has 0 saturated carbocycles. The molecule has 9 heteroatoms. The third-order valence-electron chi connectivity index (χ3n) is 3.04. The van der Waals surface area contributed by atoms with Crippen molar-refractivity contribution in [2.24, 2.45) is 0 Å². The Kier molecular flexibility index (Phi) is 4.56. The van der Waals surface area contributed by atoms with Crippen LogP contribution >= 0.6 is 0 Å². The van der Waals surface area contributed by atoms with Crippen molar-refractivity contribution in [3.8, 4) is 18.1 Å². The van der Waals surface area contributed by atoms with Crippen LogP contribution in [0.2, 0.25) is 0 Å². The highest BCUT2D eigenvalue weighted by molar-refractivity contribution is 7.81. The molecule has 1 aromatic rings. The zero-order chi connectivity index (χ0) is 17.2. The van der Waals surface area contributed by atoms with Crippen molar-refractivity contribution in [2.75, 3.05) is 13.1 Å². The van der Waals surface area contributed by atoms with Gasteiger partial charge in [-0.25, -0.2) is 0 Å². The monoisotopic (exact) mass is 340 g/mol. The Morgan fingerprint density at radius 1 is 1.48 bits per heavy atom. The normalized spacial score (nSPS) is 18.0. The second-order valence-corrected chi connectivity index (χ2v) is 5.97. The predicted octanol–water partition coefficient (Wildman–Crippen LogP) is 0.221. The first-order valence-corrected chi connectivity index (χ1v) is 7.83. The molecule has 1 aliphatic heterocycles. The van der Waals surface area contributed by atoms with E-state index in [9.17, 15) is 21.9 Å². The van der Waals surface area contributed by atoms with Gasteiger partial charge in [-0.05, 0) is 25.1 Å². The van der Waals surface area contributed by atoms with E-state index in [4.69, 9.17) is 6.42 Å². The van der Waals surface area contributed by atoms with Crippen molar-refractivity contribution in [3.63, 3.8) is 0 Å². The van der Waals surface area contributed by atoms with E-state index in [0.717, 1.165) is 12.1 Å². The van der Waals surface area contributed by atoms with Gasteiger partial charge in [-0.2, -0.15) is 8.42 Å². The Bertz CT molecular complexity index is 800. The van der Waals surface area contributed by atoms with E-state index < -0.39 is 22.2 Å². The summed E-state index contributed by atoms with van der Waals surface area (Å²) in [6.45, 7) is 1.88. The van der Waals surface area contributed by atoms with Crippen LogP contribution < -0.4 is 9.50 Å². The number of carbonyl (C=O) groups is 2. The van der Waals surface area contributed by atoms with E-state index in [-0.39, 0.29) is 36.2 Å². The van der Waals surface area contributed by atoms with E-state index in [1.165, 1.54) is 11.0 Å². The molecule has 1 atom stereocenters. The van der Waals surface area contributed by atoms with Gasteiger partial charge in [0.1, 0.15) is 5.75 Å². The summed E-state index contributed by atoms with van der Waals surface area (Å²) in [5, 5.41) is 2.66. The highest BCUT2D eigenvalue weighted by atomic mass is 32.3.